The zero-order chi connectivity index (χ0) is 17.6. The van der Waals surface area contributed by atoms with E-state index in [9.17, 15) is 0 Å². The first-order valence-electron chi connectivity index (χ1n) is 9.24. The topological polar surface area (TPSA) is 58.1 Å². The summed E-state index contributed by atoms with van der Waals surface area (Å²) < 4.78 is 10.8. The average Bonchev–Trinajstić information content (AvgIpc) is 3.31. The number of rotatable bonds is 8. The number of likely N-dealkylation sites (N-methyl/N-ethyl adjacent to an activating group) is 1. The fourth-order valence-electron chi connectivity index (χ4n) is 3.16. The van der Waals surface area contributed by atoms with Crippen LogP contribution in [0.25, 0.3) is 0 Å². The van der Waals surface area contributed by atoms with Gasteiger partial charge in [-0.15, -0.1) is 0 Å². The quantitative estimate of drug-likeness (QED) is 0.556. The van der Waals surface area contributed by atoms with Crippen molar-refractivity contribution in [3.63, 3.8) is 0 Å². The largest absolute Gasteiger partial charge is 0.454 e. The molecule has 0 spiro atoms. The number of guanidine groups is 1. The van der Waals surface area contributed by atoms with Gasteiger partial charge in [-0.25, -0.2) is 0 Å². The van der Waals surface area contributed by atoms with Crippen LogP contribution in [0.1, 0.15) is 25.3 Å². The lowest BCUT2D eigenvalue weighted by atomic mass is 10.1. The molecule has 2 N–H and O–H groups in total. The highest BCUT2D eigenvalue weighted by Gasteiger charge is 2.32. The van der Waals surface area contributed by atoms with E-state index in [0.29, 0.717) is 12.8 Å². The van der Waals surface area contributed by atoms with Crippen LogP contribution < -0.4 is 20.1 Å². The maximum Gasteiger partial charge on any atom is 0.231 e. The van der Waals surface area contributed by atoms with Crippen LogP contribution in [0.3, 0.4) is 0 Å². The number of fused-ring (bicyclic) bond motifs is 1. The summed E-state index contributed by atoms with van der Waals surface area (Å²) in [6.07, 6.45) is 3.60. The highest BCUT2D eigenvalue weighted by Crippen LogP contribution is 2.34. The van der Waals surface area contributed by atoms with Crippen LogP contribution >= 0.6 is 0 Å². The summed E-state index contributed by atoms with van der Waals surface area (Å²) in [5, 5.41) is 6.78. The van der Waals surface area contributed by atoms with Crippen molar-refractivity contribution in [3.8, 4) is 11.5 Å². The number of benzene rings is 1. The van der Waals surface area contributed by atoms with Crippen molar-refractivity contribution in [1.82, 2.24) is 15.5 Å². The van der Waals surface area contributed by atoms with Crippen molar-refractivity contribution in [1.29, 1.82) is 0 Å². The highest BCUT2D eigenvalue weighted by molar-refractivity contribution is 5.79. The molecule has 1 aromatic rings. The second-order valence-electron chi connectivity index (χ2n) is 6.95. The lowest BCUT2D eigenvalue weighted by Gasteiger charge is -2.23. The van der Waals surface area contributed by atoms with Crippen LogP contribution in [-0.4, -0.2) is 57.4 Å². The van der Waals surface area contributed by atoms with Crippen molar-refractivity contribution in [3.05, 3.63) is 23.8 Å². The second kappa shape index (κ2) is 8.43. The average molecular weight is 346 g/mol. The normalized spacial score (nSPS) is 17.7. The summed E-state index contributed by atoms with van der Waals surface area (Å²) in [5.74, 6) is 3.39. The third-order valence-corrected chi connectivity index (χ3v) is 4.75. The summed E-state index contributed by atoms with van der Waals surface area (Å²) in [6, 6.07) is 6.68. The molecule has 1 heterocycles. The monoisotopic (exact) mass is 346 g/mol. The first-order chi connectivity index (χ1) is 12.2. The van der Waals surface area contributed by atoms with Crippen LogP contribution in [-0.2, 0) is 6.42 Å². The van der Waals surface area contributed by atoms with E-state index >= 15 is 0 Å². The number of nitrogens with zero attached hydrogens (tertiary/aromatic N) is 2. The number of hydrogen-bond donors (Lipinski definition) is 2. The Morgan fingerprint density at radius 3 is 2.76 bits per heavy atom. The van der Waals surface area contributed by atoms with E-state index < -0.39 is 0 Å². The molecule has 0 bridgehead atoms. The third kappa shape index (κ3) is 5.01. The van der Waals surface area contributed by atoms with E-state index in [2.05, 4.69) is 48.7 Å². The standard InChI is InChI=1S/C19H30N4O2/c1-4-20-19(22-12-16(23(2)3)15-6-7-15)21-10-9-14-5-8-17-18(11-14)25-13-24-17/h5,8,11,15-16H,4,6-7,9-10,12-13H2,1-3H3,(H2,20,21,22). The van der Waals surface area contributed by atoms with E-state index in [0.717, 1.165) is 49.4 Å². The molecule has 1 aliphatic carbocycles. The van der Waals surface area contributed by atoms with E-state index in [4.69, 9.17) is 14.5 Å². The molecule has 138 valence electrons. The van der Waals surface area contributed by atoms with Crippen molar-refractivity contribution < 1.29 is 9.47 Å². The molecule has 0 aromatic heterocycles. The minimum Gasteiger partial charge on any atom is -0.454 e. The lowest BCUT2D eigenvalue weighted by Crippen LogP contribution is -2.40. The molecule has 1 fully saturated rings. The molecule has 1 atom stereocenters. The Kier molecular flexibility index (Phi) is 6.02. The molecule has 3 rings (SSSR count). The smallest absolute Gasteiger partial charge is 0.231 e. The van der Waals surface area contributed by atoms with Crippen LogP contribution in [0.15, 0.2) is 23.2 Å². The molecule has 6 nitrogen and oxygen atoms in total. The molecule has 0 radical (unpaired) electrons. The number of ether oxygens (including phenoxy) is 2. The molecule has 1 aromatic carbocycles. The van der Waals surface area contributed by atoms with Gasteiger partial charge in [-0.1, -0.05) is 6.07 Å². The van der Waals surface area contributed by atoms with E-state index in [1.165, 1.54) is 18.4 Å². The van der Waals surface area contributed by atoms with E-state index in [1.54, 1.807) is 0 Å². The molecule has 0 amide bonds. The van der Waals surface area contributed by atoms with Crippen LogP contribution in [0.2, 0.25) is 0 Å². The number of hydrogen-bond acceptors (Lipinski definition) is 4. The summed E-state index contributed by atoms with van der Waals surface area (Å²) in [5.41, 5.74) is 1.23. The SMILES string of the molecule is CCNC(=NCC(C1CC1)N(C)C)NCCc1ccc2c(c1)OCO2. The molecule has 1 aliphatic heterocycles. The Bertz CT molecular complexity index is 597. The van der Waals surface area contributed by atoms with E-state index in [-0.39, 0.29) is 0 Å². The molecule has 25 heavy (non-hydrogen) atoms. The first-order valence-corrected chi connectivity index (χ1v) is 9.24. The Morgan fingerprint density at radius 2 is 2.04 bits per heavy atom. The van der Waals surface area contributed by atoms with Gasteiger partial charge in [0.25, 0.3) is 0 Å². The zero-order valence-electron chi connectivity index (χ0n) is 15.5. The summed E-state index contributed by atoms with van der Waals surface area (Å²) >= 11 is 0. The van der Waals surface area contributed by atoms with Crippen LogP contribution in [0.5, 0.6) is 11.5 Å². The second-order valence-corrected chi connectivity index (χ2v) is 6.95. The van der Waals surface area contributed by atoms with Gasteiger partial charge in [0.1, 0.15) is 0 Å². The molecular formula is C19H30N4O2. The maximum absolute atomic E-state index is 5.44. The third-order valence-electron chi connectivity index (χ3n) is 4.75. The summed E-state index contributed by atoms with van der Waals surface area (Å²) in [4.78, 5) is 7.10. The lowest BCUT2D eigenvalue weighted by molar-refractivity contribution is 0.174. The summed E-state index contributed by atoms with van der Waals surface area (Å²) in [6.45, 7) is 4.96. The van der Waals surface area contributed by atoms with Gasteiger partial charge in [-0.2, -0.15) is 0 Å². The number of nitrogens with one attached hydrogen (secondary N) is 2. The van der Waals surface area contributed by atoms with Gasteiger partial charge in [0, 0.05) is 19.1 Å². The zero-order valence-corrected chi connectivity index (χ0v) is 15.5. The first kappa shape index (κ1) is 17.9. The number of aliphatic imine (C=N–C) groups is 1. The Labute approximate surface area is 150 Å². The molecule has 1 unspecified atom stereocenters. The highest BCUT2D eigenvalue weighted by atomic mass is 16.7. The predicted molar refractivity (Wildman–Crippen MR) is 100 cm³/mol. The summed E-state index contributed by atoms with van der Waals surface area (Å²) in [7, 11) is 4.30. The van der Waals surface area contributed by atoms with Crippen LogP contribution in [0, 0.1) is 5.92 Å². The Hall–Kier alpha value is -1.95. The van der Waals surface area contributed by atoms with Crippen molar-refractivity contribution in [2.45, 2.75) is 32.2 Å². The van der Waals surface area contributed by atoms with Crippen molar-refractivity contribution in [2.24, 2.45) is 10.9 Å². The fourth-order valence-corrected chi connectivity index (χ4v) is 3.16. The van der Waals surface area contributed by atoms with Gasteiger partial charge < -0.3 is 25.0 Å². The van der Waals surface area contributed by atoms with Gasteiger partial charge in [0.05, 0.1) is 6.54 Å². The van der Waals surface area contributed by atoms with Crippen LogP contribution in [0.4, 0.5) is 0 Å². The van der Waals surface area contributed by atoms with Crippen molar-refractivity contribution >= 4 is 5.96 Å². The molecule has 6 heteroatoms. The van der Waals surface area contributed by atoms with Gasteiger partial charge in [-0.3, -0.25) is 4.99 Å². The maximum atomic E-state index is 5.44. The van der Waals surface area contributed by atoms with Gasteiger partial charge in [-0.05, 0) is 63.9 Å². The van der Waals surface area contributed by atoms with Gasteiger partial charge >= 0.3 is 0 Å². The van der Waals surface area contributed by atoms with Crippen molar-refractivity contribution in [2.75, 3.05) is 40.5 Å². The Balaban J connectivity index is 1.50. The molecular weight excluding hydrogens is 316 g/mol. The minimum absolute atomic E-state index is 0.322. The van der Waals surface area contributed by atoms with Gasteiger partial charge in [0.2, 0.25) is 6.79 Å². The predicted octanol–water partition coefficient (Wildman–Crippen LogP) is 1.85. The molecule has 2 aliphatic rings. The minimum atomic E-state index is 0.322. The Morgan fingerprint density at radius 1 is 1.24 bits per heavy atom. The molecule has 1 saturated carbocycles. The van der Waals surface area contributed by atoms with E-state index in [1.807, 2.05) is 6.07 Å². The molecule has 0 saturated heterocycles. The van der Waals surface area contributed by atoms with Gasteiger partial charge in [0.15, 0.2) is 17.5 Å². The fraction of sp³-hybridized carbons (Fsp3) is 0.632.